The summed E-state index contributed by atoms with van der Waals surface area (Å²) in [7, 11) is -6.92. The highest BCUT2D eigenvalue weighted by atomic mass is 32.2. The number of nitrogens with one attached hydrogen (secondary N) is 1. The number of hydrogen-bond donors (Lipinski definition) is 1. The van der Waals surface area contributed by atoms with Crippen molar-refractivity contribution in [3.05, 3.63) is 11.5 Å². The lowest BCUT2D eigenvalue weighted by Gasteiger charge is -2.31. The van der Waals surface area contributed by atoms with Crippen molar-refractivity contribution < 1.29 is 21.4 Å². The van der Waals surface area contributed by atoms with E-state index in [-0.39, 0.29) is 29.8 Å². The van der Waals surface area contributed by atoms with Gasteiger partial charge in [0.05, 0.1) is 6.26 Å². The van der Waals surface area contributed by atoms with E-state index in [9.17, 15) is 16.8 Å². The molecule has 0 unspecified atom stereocenters. The number of aromatic nitrogens is 1. The second kappa shape index (κ2) is 5.67. The van der Waals surface area contributed by atoms with Gasteiger partial charge < -0.3 is 4.52 Å². The molecule has 2 rings (SSSR count). The van der Waals surface area contributed by atoms with E-state index in [4.69, 9.17) is 4.52 Å². The fourth-order valence-electron chi connectivity index (χ4n) is 2.49. The van der Waals surface area contributed by atoms with Crippen LogP contribution >= 0.6 is 0 Å². The summed E-state index contributed by atoms with van der Waals surface area (Å²) in [6.07, 6.45) is 1.98. The molecule has 0 saturated carbocycles. The predicted molar refractivity (Wildman–Crippen MR) is 75.7 cm³/mol. The molecule has 120 valence electrons. The molecule has 0 radical (unpaired) electrons. The Morgan fingerprint density at radius 2 is 1.76 bits per heavy atom. The molecule has 1 aliphatic rings. The van der Waals surface area contributed by atoms with Gasteiger partial charge >= 0.3 is 0 Å². The minimum atomic E-state index is -3.65. The van der Waals surface area contributed by atoms with Crippen LogP contribution in [0.2, 0.25) is 0 Å². The summed E-state index contributed by atoms with van der Waals surface area (Å²) in [5.74, 6) is 0.267. The molecule has 10 heteroatoms. The molecule has 8 nitrogen and oxygen atoms in total. The number of sulfonamides is 2. The van der Waals surface area contributed by atoms with Gasteiger partial charge in [-0.3, -0.25) is 0 Å². The molecule has 21 heavy (non-hydrogen) atoms. The third kappa shape index (κ3) is 3.62. The quantitative estimate of drug-likeness (QED) is 0.828. The second-order valence-electron chi connectivity index (χ2n) is 5.22. The standard InChI is InChI=1S/C11H19N3O5S2/c1-8-11(9(2)19-12-8)21(17,18)14-6-4-10(5-7-14)13-20(3,15)16/h10,13H,4-7H2,1-3H3. The van der Waals surface area contributed by atoms with E-state index in [2.05, 4.69) is 9.88 Å². The lowest BCUT2D eigenvalue weighted by molar-refractivity contribution is 0.308. The second-order valence-corrected chi connectivity index (χ2v) is 8.88. The normalized spacial score (nSPS) is 19.0. The highest BCUT2D eigenvalue weighted by Gasteiger charge is 2.34. The summed E-state index contributed by atoms with van der Waals surface area (Å²) in [5, 5.41) is 3.67. The van der Waals surface area contributed by atoms with Gasteiger partial charge in [0.25, 0.3) is 0 Å². The fourth-order valence-corrected chi connectivity index (χ4v) is 5.09. The topological polar surface area (TPSA) is 110 Å². The van der Waals surface area contributed by atoms with Crippen LogP contribution in [0.25, 0.3) is 0 Å². The molecule has 1 saturated heterocycles. The van der Waals surface area contributed by atoms with E-state index in [0.29, 0.717) is 18.5 Å². The number of piperidine rings is 1. The zero-order chi connectivity index (χ0) is 15.8. The first-order chi connectivity index (χ1) is 9.61. The lowest BCUT2D eigenvalue weighted by atomic mass is 10.1. The summed E-state index contributed by atoms with van der Waals surface area (Å²) < 4.78 is 56.3. The third-order valence-electron chi connectivity index (χ3n) is 3.40. The molecule has 0 spiro atoms. The van der Waals surface area contributed by atoms with Crippen molar-refractivity contribution in [1.82, 2.24) is 14.2 Å². The Balaban J connectivity index is 2.12. The molecular weight excluding hydrogens is 318 g/mol. The summed E-state index contributed by atoms with van der Waals surface area (Å²) >= 11 is 0. The Bertz CT molecular complexity index is 696. The van der Waals surface area contributed by atoms with Crippen molar-refractivity contribution in [3.8, 4) is 0 Å². The first-order valence-electron chi connectivity index (χ1n) is 6.51. The van der Waals surface area contributed by atoms with Gasteiger partial charge in [-0.25, -0.2) is 21.6 Å². The molecule has 2 heterocycles. The van der Waals surface area contributed by atoms with Crippen LogP contribution < -0.4 is 4.72 Å². The highest BCUT2D eigenvalue weighted by Crippen LogP contribution is 2.25. The van der Waals surface area contributed by atoms with Crippen LogP contribution in [0.1, 0.15) is 24.3 Å². The monoisotopic (exact) mass is 337 g/mol. The lowest BCUT2D eigenvalue weighted by Crippen LogP contribution is -2.46. The molecule has 0 bridgehead atoms. The van der Waals surface area contributed by atoms with Crippen molar-refractivity contribution in [2.45, 2.75) is 37.6 Å². The molecule has 0 atom stereocenters. The molecule has 0 aliphatic carbocycles. The van der Waals surface area contributed by atoms with E-state index >= 15 is 0 Å². The molecule has 1 aliphatic heterocycles. The van der Waals surface area contributed by atoms with Gasteiger partial charge in [0.15, 0.2) is 5.76 Å². The van der Waals surface area contributed by atoms with E-state index in [1.54, 1.807) is 13.8 Å². The van der Waals surface area contributed by atoms with Crippen molar-refractivity contribution in [3.63, 3.8) is 0 Å². The van der Waals surface area contributed by atoms with E-state index in [0.717, 1.165) is 6.26 Å². The summed E-state index contributed by atoms with van der Waals surface area (Å²) in [6, 6.07) is -0.226. The summed E-state index contributed by atoms with van der Waals surface area (Å²) in [6.45, 7) is 3.67. The van der Waals surface area contributed by atoms with Gasteiger partial charge in [-0.15, -0.1) is 0 Å². The van der Waals surface area contributed by atoms with E-state index in [1.807, 2.05) is 0 Å². The largest absolute Gasteiger partial charge is 0.360 e. The Kier molecular flexibility index (Phi) is 4.43. The first-order valence-corrected chi connectivity index (χ1v) is 9.85. The Labute approximate surface area is 124 Å². The molecular formula is C11H19N3O5S2. The van der Waals surface area contributed by atoms with Crippen LogP contribution in [0.5, 0.6) is 0 Å². The Hall–Kier alpha value is -0.970. The zero-order valence-corrected chi connectivity index (χ0v) is 13.8. The average molecular weight is 337 g/mol. The van der Waals surface area contributed by atoms with Crippen LogP contribution in [0.4, 0.5) is 0 Å². The van der Waals surface area contributed by atoms with Gasteiger partial charge in [0.1, 0.15) is 10.6 Å². The maximum Gasteiger partial charge on any atom is 0.248 e. The number of rotatable bonds is 4. The maximum atomic E-state index is 12.6. The fraction of sp³-hybridized carbons (Fsp3) is 0.727. The maximum absolute atomic E-state index is 12.6. The van der Waals surface area contributed by atoms with E-state index < -0.39 is 20.0 Å². The SMILES string of the molecule is Cc1noc(C)c1S(=O)(=O)N1CCC(NS(C)(=O)=O)CC1. The molecule has 1 fully saturated rings. The smallest absolute Gasteiger partial charge is 0.248 e. The first kappa shape index (κ1) is 16.4. The van der Waals surface area contributed by atoms with Gasteiger partial charge in [-0.1, -0.05) is 5.16 Å². The molecule has 0 amide bonds. The Morgan fingerprint density at radius 1 is 1.19 bits per heavy atom. The average Bonchev–Trinajstić information content (AvgIpc) is 2.68. The highest BCUT2D eigenvalue weighted by molar-refractivity contribution is 7.89. The van der Waals surface area contributed by atoms with Crippen molar-refractivity contribution in [2.75, 3.05) is 19.3 Å². The molecule has 1 N–H and O–H groups in total. The van der Waals surface area contributed by atoms with Crippen LogP contribution in [0.3, 0.4) is 0 Å². The minimum absolute atomic E-state index is 0.108. The zero-order valence-electron chi connectivity index (χ0n) is 12.2. The van der Waals surface area contributed by atoms with Crippen LogP contribution in [-0.4, -0.2) is 51.7 Å². The van der Waals surface area contributed by atoms with E-state index in [1.165, 1.54) is 4.31 Å². The third-order valence-corrected chi connectivity index (χ3v) is 6.31. The van der Waals surface area contributed by atoms with Crippen molar-refractivity contribution in [1.29, 1.82) is 0 Å². The van der Waals surface area contributed by atoms with Gasteiger partial charge in [-0.05, 0) is 26.7 Å². The number of hydrogen-bond acceptors (Lipinski definition) is 6. The van der Waals surface area contributed by atoms with Crippen molar-refractivity contribution in [2.24, 2.45) is 0 Å². The van der Waals surface area contributed by atoms with Gasteiger partial charge in [0, 0.05) is 19.1 Å². The molecule has 1 aromatic rings. The van der Waals surface area contributed by atoms with Gasteiger partial charge in [-0.2, -0.15) is 4.31 Å². The van der Waals surface area contributed by atoms with Crippen LogP contribution in [-0.2, 0) is 20.0 Å². The van der Waals surface area contributed by atoms with Crippen LogP contribution in [0.15, 0.2) is 9.42 Å². The summed E-state index contributed by atoms with van der Waals surface area (Å²) in [4.78, 5) is 0.108. The number of nitrogens with zero attached hydrogens (tertiary/aromatic N) is 2. The minimum Gasteiger partial charge on any atom is -0.360 e. The number of aryl methyl sites for hydroxylation is 2. The molecule has 1 aromatic heterocycles. The molecule has 0 aromatic carbocycles. The Morgan fingerprint density at radius 3 is 2.19 bits per heavy atom. The van der Waals surface area contributed by atoms with Crippen LogP contribution in [0, 0.1) is 13.8 Å². The summed E-state index contributed by atoms with van der Waals surface area (Å²) in [5.41, 5.74) is 0.337. The van der Waals surface area contributed by atoms with Crippen molar-refractivity contribution >= 4 is 20.0 Å². The van der Waals surface area contributed by atoms with Gasteiger partial charge in [0.2, 0.25) is 20.0 Å². The predicted octanol–water partition coefficient (Wildman–Crippen LogP) is -0.00626.